The first-order valence-electron chi connectivity index (χ1n) is 6.29. The van der Waals surface area contributed by atoms with Crippen LogP contribution in [0.1, 0.15) is 31.7 Å². The van der Waals surface area contributed by atoms with Crippen LogP contribution >= 0.6 is 0 Å². The van der Waals surface area contributed by atoms with Gasteiger partial charge in [0.1, 0.15) is 0 Å². The number of nitrogens with one attached hydrogen (secondary N) is 1. The van der Waals surface area contributed by atoms with Crippen molar-refractivity contribution in [2.75, 3.05) is 5.73 Å². The van der Waals surface area contributed by atoms with Crippen LogP contribution in [0.3, 0.4) is 0 Å². The molecule has 0 heterocycles. The molecule has 0 radical (unpaired) electrons. The largest absolute Gasteiger partial charge is 0.399 e. The van der Waals surface area contributed by atoms with Gasteiger partial charge in [-0.15, -0.1) is 0 Å². The highest BCUT2D eigenvalue weighted by Gasteiger charge is 2.24. The molecule has 0 bridgehead atoms. The first-order valence-corrected chi connectivity index (χ1v) is 6.29. The fraction of sp³-hybridized carbons (Fsp3) is 0.500. The van der Waals surface area contributed by atoms with Gasteiger partial charge in [0, 0.05) is 11.7 Å². The second kappa shape index (κ2) is 5.21. The molecule has 2 atom stereocenters. The lowest BCUT2D eigenvalue weighted by Crippen LogP contribution is -2.37. The highest BCUT2D eigenvalue weighted by Crippen LogP contribution is 2.24. The van der Waals surface area contributed by atoms with E-state index in [0.717, 1.165) is 12.0 Å². The number of hydrogen-bond donors (Lipinski definition) is 2. The Morgan fingerprint density at radius 1 is 1.47 bits per heavy atom. The normalized spacial score (nSPS) is 23.6. The van der Waals surface area contributed by atoms with E-state index in [1.165, 1.54) is 12.8 Å². The maximum atomic E-state index is 11.9. The Kier molecular flexibility index (Phi) is 3.67. The Hall–Kier alpha value is -1.51. The molecule has 3 N–H and O–H groups in total. The topological polar surface area (TPSA) is 55.1 Å². The zero-order valence-corrected chi connectivity index (χ0v) is 10.3. The van der Waals surface area contributed by atoms with Gasteiger partial charge in [-0.3, -0.25) is 4.79 Å². The van der Waals surface area contributed by atoms with Crippen LogP contribution in [0.25, 0.3) is 0 Å². The fourth-order valence-electron chi connectivity index (χ4n) is 2.51. The van der Waals surface area contributed by atoms with Gasteiger partial charge >= 0.3 is 0 Å². The van der Waals surface area contributed by atoms with Crippen LogP contribution in [-0.2, 0) is 11.2 Å². The summed E-state index contributed by atoms with van der Waals surface area (Å²) in [6, 6.07) is 7.88. The molecule has 1 amide bonds. The SMILES string of the molecule is CC1CCCC1NC(=O)Cc1cccc(N)c1. The highest BCUT2D eigenvalue weighted by molar-refractivity contribution is 5.79. The predicted octanol–water partition coefficient (Wildman–Crippen LogP) is 2.12. The third-order valence-electron chi connectivity index (χ3n) is 3.52. The number of hydrogen-bond acceptors (Lipinski definition) is 2. The monoisotopic (exact) mass is 232 g/mol. The van der Waals surface area contributed by atoms with Gasteiger partial charge in [0.25, 0.3) is 0 Å². The summed E-state index contributed by atoms with van der Waals surface area (Å²) >= 11 is 0. The van der Waals surface area contributed by atoms with Crippen LogP contribution in [0.15, 0.2) is 24.3 Å². The Bertz CT molecular complexity index is 403. The molecular weight excluding hydrogens is 212 g/mol. The van der Waals surface area contributed by atoms with Gasteiger partial charge in [-0.05, 0) is 36.5 Å². The molecule has 3 nitrogen and oxygen atoms in total. The van der Waals surface area contributed by atoms with Gasteiger partial charge in [-0.1, -0.05) is 25.5 Å². The van der Waals surface area contributed by atoms with E-state index in [9.17, 15) is 4.79 Å². The number of carbonyl (C=O) groups is 1. The maximum Gasteiger partial charge on any atom is 0.224 e. The van der Waals surface area contributed by atoms with Crippen molar-refractivity contribution in [3.05, 3.63) is 29.8 Å². The molecule has 1 saturated carbocycles. The summed E-state index contributed by atoms with van der Waals surface area (Å²) in [7, 11) is 0. The minimum Gasteiger partial charge on any atom is -0.399 e. The van der Waals surface area contributed by atoms with Crippen LogP contribution in [-0.4, -0.2) is 11.9 Å². The molecule has 17 heavy (non-hydrogen) atoms. The highest BCUT2D eigenvalue weighted by atomic mass is 16.1. The number of carbonyl (C=O) groups excluding carboxylic acids is 1. The Morgan fingerprint density at radius 3 is 2.94 bits per heavy atom. The van der Waals surface area contributed by atoms with Crippen molar-refractivity contribution in [3.8, 4) is 0 Å². The van der Waals surface area contributed by atoms with Crippen LogP contribution in [0.2, 0.25) is 0 Å². The van der Waals surface area contributed by atoms with E-state index < -0.39 is 0 Å². The minimum absolute atomic E-state index is 0.106. The van der Waals surface area contributed by atoms with Gasteiger partial charge in [0.05, 0.1) is 6.42 Å². The van der Waals surface area contributed by atoms with Crippen LogP contribution in [0.4, 0.5) is 5.69 Å². The van der Waals surface area contributed by atoms with Crippen LogP contribution in [0, 0.1) is 5.92 Å². The lowest BCUT2D eigenvalue weighted by Gasteiger charge is -2.17. The van der Waals surface area contributed by atoms with Crippen molar-refractivity contribution >= 4 is 11.6 Å². The lowest BCUT2D eigenvalue weighted by atomic mass is 10.1. The molecule has 0 saturated heterocycles. The van der Waals surface area contributed by atoms with Crippen molar-refractivity contribution in [1.82, 2.24) is 5.32 Å². The zero-order chi connectivity index (χ0) is 12.3. The van der Waals surface area contributed by atoms with Crippen molar-refractivity contribution in [1.29, 1.82) is 0 Å². The molecule has 3 heteroatoms. The lowest BCUT2D eigenvalue weighted by molar-refractivity contribution is -0.121. The van der Waals surface area contributed by atoms with E-state index in [4.69, 9.17) is 5.73 Å². The Morgan fingerprint density at radius 2 is 2.29 bits per heavy atom. The molecule has 0 aliphatic heterocycles. The van der Waals surface area contributed by atoms with E-state index in [-0.39, 0.29) is 5.91 Å². The summed E-state index contributed by atoms with van der Waals surface area (Å²) in [5.41, 5.74) is 7.38. The number of anilines is 1. The van der Waals surface area contributed by atoms with Crippen molar-refractivity contribution < 1.29 is 4.79 Å². The summed E-state index contributed by atoms with van der Waals surface area (Å²) in [5.74, 6) is 0.717. The summed E-state index contributed by atoms with van der Waals surface area (Å²) < 4.78 is 0. The molecule has 0 spiro atoms. The van der Waals surface area contributed by atoms with E-state index in [1.54, 1.807) is 0 Å². The number of amides is 1. The second-order valence-corrected chi connectivity index (χ2v) is 5.00. The van der Waals surface area contributed by atoms with Gasteiger partial charge in [-0.25, -0.2) is 0 Å². The summed E-state index contributed by atoms with van der Waals surface area (Å²) in [5, 5.41) is 3.12. The third-order valence-corrected chi connectivity index (χ3v) is 3.52. The predicted molar refractivity (Wildman–Crippen MR) is 69.5 cm³/mol. The van der Waals surface area contributed by atoms with Crippen molar-refractivity contribution in [2.24, 2.45) is 5.92 Å². The van der Waals surface area contributed by atoms with E-state index in [0.29, 0.717) is 24.1 Å². The zero-order valence-electron chi connectivity index (χ0n) is 10.3. The Balaban J connectivity index is 1.89. The van der Waals surface area contributed by atoms with Gasteiger partial charge in [0.2, 0.25) is 5.91 Å². The molecular formula is C14H20N2O. The fourth-order valence-corrected chi connectivity index (χ4v) is 2.51. The molecule has 1 aliphatic rings. The molecule has 2 rings (SSSR count). The number of benzene rings is 1. The van der Waals surface area contributed by atoms with Crippen LogP contribution in [0.5, 0.6) is 0 Å². The average molecular weight is 232 g/mol. The maximum absolute atomic E-state index is 11.9. The molecule has 92 valence electrons. The molecule has 1 aliphatic carbocycles. The first-order chi connectivity index (χ1) is 8.15. The number of nitrogen functional groups attached to an aromatic ring is 1. The first kappa shape index (κ1) is 12.0. The molecule has 1 aromatic carbocycles. The van der Waals surface area contributed by atoms with Gasteiger partial charge in [0.15, 0.2) is 0 Å². The van der Waals surface area contributed by atoms with Gasteiger partial charge in [-0.2, -0.15) is 0 Å². The smallest absolute Gasteiger partial charge is 0.224 e. The molecule has 2 unspecified atom stereocenters. The Labute approximate surface area is 102 Å². The molecule has 0 aromatic heterocycles. The molecule has 1 aromatic rings. The minimum atomic E-state index is 0.106. The summed E-state index contributed by atoms with van der Waals surface area (Å²) in [6.07, 6.45) is 3.99. The van der Waals surface area contributed by atoms with E-state index in [2.05, 4.69) is 12.2 Å². The number of rotatable bonds is 3. The standard InChI is InChI=1S/C14H20N2O/c1-10-4-2-7-13(10)16-14(17)9-11-5-3-6-12(15)8-11/h3,5-6,8,10,13H,2,4,7,9,15H2,1H3,(H,16,17). The molecule has 1 fully saturated rings. The quantitative estimate of drug-likeness (QED) is 0.784. The third kappa shape index (κ3) is 3.22. The van der Waals surface area contributed by atoms with Crippen LogP contribution < -0.4 is 11.1 Å². The second-order valence-electron chi connectivity index (χ2n) is 5.00. The summed E-state index contributed by atoms with van der Waals surface area (Å²) in [6.45, 7) is 2.21. The number of nitrogens with two attached hydrogens (primary N) is 1. The van der Waals surface area contributed by atoms with Crippen molar-refractivity contribution in [2.45, 2.75) is 38.6 Å². The average Bonchev–Trinajstić information content (AvgIpc) is 2.64. The van der Waals surface area contributed by atoms with E-state index >= 15 is 0 Å². The van der Waals surface area contributed by atoms with Crippen molar-refractivity contribution in [3.63, 3.8) is 0 Å². The van der Waals surface area contributed by atoms with E-state index in [1.807, 2.05) is 24.3 Å². The van der Waals surface area contributed by atoms with Gasteiger partial charge < -0.3 is 11.1 Å². The summed E-state index contributed by atoms with van der Waals surface area (Å²) in [4.78, 5) is 11.9.